The summed E-state index contributed by atoms with van der Waals surface area (Å²) in [6.07, 6.45) is 3.43. The SMILES string of the molecule is Clc1ccc(-c2nc3ccccn3c2CN2CC3COCC(C3)C2)cc1. The molecule has 3 aromatic rings. The molecule has 26 heavy (non-hydrogen) atoms. The third kappa shape index (κ3) is 3.02. The number of nitrogens with zero attached hydrogens (tertiary/aromatic N) is 3. The molecule has 0 N–H and O–H groups in total. The van der Waals surface area contributed by atoms with Crippen LogP contribution in [0, 0.1) is 11.8 Å². The van der Waals surface area contributed by atoms with Gasteiger partial charge in [0.2, 0.25) is 0 Å². The molecule has 2 bridgehead atoms. The quantitative estimate of drug-likeness (QED) is 0.697. The van der Waals surface area contributed by atoms with Gasteiger partial charge >= 0.3 is 0 Å². The molecule has 2 aliphatic heterocycles. The van der Waals surface area contributed by atoms with E-state index in [0.717, 1.165) is 54.8 Å². The zero-order valence-electron chi connectivity index (χ0n) is 14.6. The molecule has 5 rings (SSSR count). The van der Waals surface area contributed by atoms with Crippen LogP contribution in [-0.4, -0.2) is 40.6 Å². The number of halogens is 1. The molecule has 5 heteroatoms. The molecule has 0 amide bonds. The second-order valence-electron chi connectivity index (χ2n) is 7.54. The lowest BCUT2D eigenvalue weighted by Gasteiger charge is -2.41. The lowest BCUT2D eigenvalue weighted by Crippen LogP contribution is -2.46. The van der Waals surface area contributed by atoms with Gasteiger partial charge in [0, 0.05) is 36.4 Å². The van der Waals surface area contributed by atoms with Crippen molar-refractivity contribution in [2.45, 2.75) is 13.0 Å². The number of imidazole rings is 1. The third-order valence-electron chi connectivity index (χ3n) is 5.53. The lowest BCUT2D eigenvalue weighted by atomic mass is 9.88. The summed E-state index contributed by atoms with van der Waals surface area (Å²) in [5, 5.41) is 0.753. The lowest BCUT2D eigenvalue weighted by molar-refractivity contribution is -0.0427. The number of hydrogen-bond acceptors (Lipinski definition) is 3. The van der Waals surface area contributed by atoms with Crippen molar-refractivity contribution in [1.82, 2.24) is 14.3 Å². The van der Waals surface area contributed by atoms with Crippen LogP contribution in [-0.2, 0) is 11.3 Å². The number of pyridine rings is 1. The van der Waals surface area contributed by atoms with Gasteiger partial charge in [-0.1, -0.05) is 29.8 Å². The average molecular weight is 368 g/mol. The minimum Gasteiger partial charge on any atom is -0.381 e. The van der Waals surface area contributed by atoms with Gasteiger partial charge in [-0.25, -0.2) is 4.98 Å². The zero-order valence-corrected chi connectivity index (χ0v) is 15.4. The molecule has 2 aromatic heterocycles. The predicted octanol–water partition coefficient (Wildman–Crippen LogP) is 4.12. The van der Waals surface area contributed by atoms with Crippen molar-refractivity contribution in [2.24, 2.45) is 11.8 Å². The van der Waals surface area contributed by atoms with Crippen molar-refractivity contribution >= 4 is 17.2 Å². The number of likely N-dealkylation sites (tertiary alicyclic amines) is 1. The summed E-state index contributed by atoms with van der Waals surface area (Å²) in [6, 6.07) is 14.2. The van der Waals surface area contributed by atoms with Gasteiger partial charge in [0.15, 0.2) is 0 Å². The number of hydrogen-bond donors (Lipinski definition) is 0. The van der Waals surface area contributed by atoms with E-state index in [1.807, 2.05) is 18.2 Å². The van der Waals surface area contributed by atoms with Gasteiger partial charge in [0.25, 0.3) is 0 Å². The Morgan fingerprint density at radius 1 is 1.04 bits per heavy atom. The summed E-state index contributed by atoms with van der Waals surface area (Å²) in [4.78, 5) is 7.50. The van der Waals surface area contributed by atoms with E-state index in [-0.39, 0.29) is 0 Å². The molecule has 2 atom stereocenters. The van der Waals surface area contributed by atoms with Crippen molar-refractivity contribution < 1.29 is 4.74 Å². The second-order valence-corrected chi connectivity index (χ2v) is 7.98. The van der Waals surface area contributed by atoms with Crippen molar-refractivity contribution in [2.75, 3.05) is 26.3 Å². The fourth-order valence-corrected chi connectivity index (χ4v) is 4.57. The summed E-state index contributed by atoms with van der Waals surface area (Å²) in [6.45, 7) is 4.94. The highest BCUT2D eigenvalue weighted by Gasteiger charge is 2.32. The first-order valence-electron chi connectivity index (χ1n) is 9.28. The maximum atomic E-state index is 6.08. The molecule has 134 valence electrons. The molecule has 2 saturated heterocycles. The topological polar surface area (TPSA) is 29.8 Å². The van der Waals surface area contributed by atoms with Crippen LogP contribution < -0.4 is 0 Å². The minimum atomic E-state index is 0.667. The van der Waals surface area contributed by atoms with Crippen LogP contribution in [0.5, 0.6) is 0 Å². The first kappa shape index (κ1) is 16.3. The molecule has 2 aliphatic rings. The fourth-order valence-electron chi connectivity index (χ4n) is 4.45. The van der Waals surface area contributed by atoms with Crippen molar-refractivity contribution in [3.8, 4) is 11.3 Å². The summed E-state index contributed by atoms with van der Waals surface area (Å²) in [5.74, 6) is 1.33. The fraction of sp³-hybridized carbons (Fsp3) is 0.381. The highest BCUT2D eigenvalue weighted by Crippen LogP contribution is 2.31. The van der Waals surface area contributed by atoms with Crippen LogP contribution in [0.15, 0.2) is 48.7 Å². The second kappa shape index (κ2) is 6.69. The Labute approximate surface area is 158 Å². The Kier molecular flexibility index (Phi) is 4.20. The number of piperidine rings is 1. The van der Waals surface area contributed by atoms with E-state index < -0.39 is 0 Å². The van der Waals surface area contributed by atoms with E-state index >= 15 is 0 Å². The number of aromatic nitrogens is 2. The summed E-state index contributed by atoms with van der Waals surface area (Å²) in [5.41, 5.74) is 4.42. The molecular weight excluding hydrogens is 346 g/mol. The summed E-state index contributed by atoms with van der Waals surface area (Å²) in [7, 11) is 0. The van der Waals surface area contributed by atoms with E-state index in [2.05, 4.69) is 39.8 Å². The van der Waals surface area contributed by atoms with Crippen LogP contribution in [0.25, 0.3) is 16.9 Å². The smallest absolute Gasteiger partial charge is 0.137 e. The first-order valence-corrected chi connectivity index (χ1v) is 9.66. The molecule has 4 heterocycles. The Morgan fingerprint density at radius 3 is 2.58 bits per heavy atom. The molecule has 4 nitrogen and oxygen atoms in total. The molecule has 1 aromatic carbocycles. The third-order valence-corrected chi connectivity index (χ3v) is 5.78. The van der Waals surface area contributed by atoms with Gasteiger partial charge in [-0.2, -0.15) is 0 Å². The van der Waals surface area contributed by atoms with E-state index in [1.54, 1.807) is 0 Å². The summed E-state index contributed by atoms with van der Waals surface area (Å²) < 4.78 is 7.96. The highest BCUT2D eigenvalue weighted by atomic mass is 35.5. The van der Waals surface area contributed by atoms with Gasteiger partial charge < -0.3 is 9.14 Å². The number of benzene rings is 1. The number of ether oxygens (including phenoxy) is 1. The largest absolute Gasteiger partial charge is 0.381 e. The van der Waals surface area contributed by atoms with Gasteiger partial charge in [0.05, 0.1) is 24.6 Å². The normalized spacial score (nSPS) is 23.4. The maximum Gasteiger partial charge on any atom is 0.137 e. The van der Waals surface area contributed by atoms with Gasteiger partial charge in [-0.15, -0.1) is 0 Å². The molecular formula is C21H22ClN3O. The monoisotopic (exact) mass is 367 g/mol. The van der Waals surface area contributed by atoms with Gasteiger partial charge in [-0.3, -0.25) is 4.90 Å². The van der Waals surface area contributed by atoms with Crippen LogP contribution in [0.4, 0.5) is 0 Å². The number of rotatable bonds is 3. The molecule has 2 unspecified atom stereocenters. The maximum absolute atomic E-state index is 6.08. The van der Waals surface area contributed by atoms with Crippen LogP contribution in [0.3, 0.4) is 0 Å². The molecule has 0 radical (unpaired) electrons. The van der Waals surface area contributed by atoms with E-state index in [9.17, 15) is 0 Å². The first-order chi connectivity index (χ1) is 12.8. The molecule has 0 spiro atoms. The summed E-state index contributed by atoms with van der Waals surface area (Å²) >= 11 is 6.08. The minimum absolute atomic E-state index is 0.667. The Bertz CT molecular complexity index is 909. The predicted molar refractivity (Wildman–Crippen MR) is 103 cm³/mol. The molecule has 0 saturated carbocycles. The zero-order chi connectivity index (χ0) is 17.5. The van der Waals surface area contributed by atoms with Gasteiger partial charge in [0.1, 0.15) is 5.65 Å². The van der Waals surface area contributed by atoms with Gasteiger partial charge in [-0.05, 0) is 42.5 Å². The Balaban J connectivity index is 1.53. The van der Waals surface area contributed by atoms with Crippen LogP contribution in [0.2, 0.25) is 5.02 Å². The Morgan fingerprint density at radius 2 is 1.81 bits per heavy atom. The van der Waals surface area contributed by atoms with Crippen LogP contribution >= 0.6 is 11.6 Å². The van der Waals surface area contributed by atoms with E-state index in [0.29, 0.717) is 11.8 Å². The highest BCUT2D eigenvalue weighted by molar-refractivity contribution is 6.30. The van der Waals surface area contributed by atoms with Crippen LogP contribution in [0.1, 0.15) is 12.1 Å². The average Bonchev–Trinajstić information content (AvgIpc) is 3.01. The van der Waals surface area contributed by atoms with E-state index in [4.69, 9.17) is 21.3 Å². The van der Waals surface area contributed by atoms with Crippen molar-refractivity contribution in [3.63, 3.8) is 0 Å². The standard InChI is InChI=1S/C21H22ClN3O/c22-18-6-4-17(5-7-18)21-19(25-8-2-1-3-20(25)23-21)12-24-10-15-9-16(11-24)14-26-13-15/h1-8,15-16H,9-14H2. The molecule has 0 aliphatic carbocycles. The van der Waals surface area contributed by atoms with Crippen molar-refractivity contribution in [3.05, 3.63) is 59.4 Å². The Hall–Kier alpha value is -1.88. The van der Waals surface area contributed by atoms with E-state index in [1.165, 1.54) is 12.1 Å². The number of fused-ring (bicyclic) bond motifs is 3. The van der Waals surface area contributed by atoms with Crippen molar-refractivity contribution in [1.29, 1.82) is 0 Å². The molecule has 2 fully saturated rings.